The van der Waals surface area contributed by atoms with Crippen molar-refractivity contribution >= 4 is 29.1 Å². The molecule has 0 atom stereocenters. The number of rotatable bonds is 6. The van der Waals surface area contributed by atoms with Gasteiger partial charge < -0.3 is 5.32 Å². The van der Waals surface area contributed by atoms with Crippen LogP contribution < -0.4 is 5.32 Å². The van der Waals surface area contributed by atoms with Gasteiger partial charge in [-0.15, -0.1) is 11.8 Å². The van der Waals surface area contributed by atoms with Gasteiger partial charge >= 0.3 is 0 Å². The molecule has 0 saturated heterocycles. The van der Waals surface area contributed by atoms with Gasteiger partial charge in [0.15, 0.2) is 5.78 Å². The summed E-state index contributed by atoms with van der Waals surface area (Å²) in [5.41, 5.74) is 3.15. The Labute approximate surface area is 170 Å². The third-order valence-electron chi connectivity index (χ3n) is 4.17. The molecule has 142 valence electrons. The number of ketones is 1. The van der Waals surface area contributed by atoms with Gasteiger partial charge in [-0.1, -0.05) is 61.9 Å². The normalized spacial score (nSPS) is 10.7. The molecule has 0 fully saturated rings. The first kappa shape index (κ1) is 19.9. The summed E-state index contributed by atoms with van der Waals surface area (Å²) in [7, 11) is 0. The van der Waals surface area contributed by atoms with Crippen LogP contribution in [0.3, 0.4) is 0 Å². The zero-order chi connectivity index (χ0) is 20.1. The van der Waals surface area contributed by atoms with E-state index in [0.717, 1.165) is 10.5 Å². The lowest BCUT2D eigenvalue weighted by Gasteiger charge is -2.12. The molecule has 1 amide bonds. The minimum atomic E-state index is -0.225. The first-order valence-corrected chi connectivity index (χ1v) is 10.1. The molecule has 3 aromatic rings. The summed E-state index contributed by atoms with van der Waals surface area (Å²) in [6.45, 7) is 6.16. The van der Waals surface area contributed by atoms with Crippen molar-refractivity contribution in [3.05, 3.63) is 95.1 Å². The van der Waals surface area contributed by atoms with Gasteiger partial charge in [-0.25, -0.2) is 0 Å². The molecular weight excluding hydrogens is 366 g/mol. The zero-order valence-corrected chi connectivity index (χ0v) is 17.0. The summed E-state index contributed by atoms with van der Waals surface area (Å²) in [5, 5.41) is 3.35. The van der Waals surface area contributed by atoms with Crippen LogP contribution in [0.2, 0.25) is 0 Å². The van der Waals surface area contributed by atoms with Crippen molar-refractivity contribution in [2.75, 3.05) is 5.32 Å². The molecule has 1 N–H and O–H groups in total. The van der Waals surface area contributed by atoms with Gasteiger partial charge in [0.1, 0.15) is 0 Å². The van der Waals surface area contributed by atoms with Crippen molar-refractivity contribution in [3.63, 3.8) is 0 Å². The molecule has 0 aromatic heterocycles. The van der Waals surface area contributed by atoms with Gasteiger partial charge in [0, 0.05) is 26.8 Å². The Hall–Kier alpha value is -2.85. The number of nitrogens with one attached hydrogen (secondary N) is 1. The van der Waals surface area contributed by atoms with E-state index < -0.39 is 0 Å². The second-order valence-electron chi connectivity index (χ2n) is 6.89. The lowest BCUT2D eigenvalue weighted by molar-refractivity contribution is 0.102. The van der Waals surface area contributed by atoms with Gasteiger partial charge in [-0.2, -0.15) is 0 Å². The second kappa shape index (κ2) is 8.89. The molecule has 0 radical (unpaired) electrons. The Morgan fingerprint density at radius 1 is 0.857 bits per heavy atom. The Bertz CT molecular complexity index is 996. The molecule has 0 heterocycles. The van der Waals surface area contributed by atoms with Crippen LogP contribution in [0.5, 0.6) is 0 Å². The fourth-order valence-electron chi connectivity index (χ4n) is 2.88. The largest absolute Gasteiger partial charge is 0.321 e. The topological polar surface area (TPSA) is 46.2 Å². The SMILES string of the molecule is Cc1ccc(NC(=O)c2cccc(SC(C)C)c2)c(C(=O)c2ccccc2)c1. The first-order chi connectivity index (χ1) is 13.4. The van der Waals surface area contributed by atoms with E-state index in [1.807, 2.05) is 55.5 Å². The number of thioether (sulfide) groups is 1. The second-order valence-corrected chi connectivity index (χ2v) is 8.54. The van der Waals surface area contributed by atoms with Gasteiger partial charge in [-0.05, 0) is 37.3 Å². The van der Waals surface area contributed by atoms with E-state index in [9.17, 15) is 9.59 Å². The smallest absolute Gasteiger partial charge is 0.255 e. The summed E-state index contributed by atoms with van der Waals surface area (Å²) in [6.07, 6.45) is 0. The predicted octanol–water partition coefficient (Wildman–Crippen LogP) is 5.98. The summed E-state index contributed by atoms with van der Waals surface area (Å²) in [6, 6.07) is 22.1. The molecule has 3 rings (SSSR count). The molecule has 0 spiro atoms. The number of aryl methyl sites for hydroxylation is 1. The van der Waals surface area contributed by atoms with E-state index in [-0.39, 0.29) is 11.7 Å². The van der Waals surface area contributed by atoms with Crippen LogP contribution in [-0.4, -0.2) is 16.9 Å². The van der Waals surface area contributed by atoms with Crippen LogP contribution in [-0.2, 0) is 0 Å². The van der Waals surface area contributed by atoms with Gasteiger partial charge in [-0.3, -0.25) is 9.59 Å². The fourth-order valence-corrected chi connectivity index (χ4v) is 3.77. The van der Waals surface area contributed by atoms with Crippen LogP contribution in [0.1, 0.15) is 45.7 Å². The summed E-state index contributed by atoms with van der Waals surface area (Å²) in [4.78, 5) is 26.8. The number of carbonyl (C=O) groups is 2. The van der Waals surface area contributed by atoms with Gasteiger partial charge in [0.05, 0.1) is 5.69 Å². The average Bonchev–Trinajstić information content (AvgIpc) is 2.69. The quantitative estimate of drug-likeness (QED) is 0.417. The molecule has 0 unspecified atom stereocenters. The molecule has 4 heteroatoms. The van der Waals surface area contributed by atoms with Crippen LogP contribution in [0.4, 0.5) is 5.69 Å². The number of hydrogen-bond acceptors (Lipinski definition) is 3. The monoisotopic (exact) mass is 389 g/mol. The van der Waals surface area contributed by atoms with Crippen LogP contribution in [0, 0.1) is 6.92 Å². The number of hydrogen-bond donors (Lipinski definition) is 1. The van der Waals surface area contributed by atoms with Crippen molar-refractivity contribution in [2.24, 2.45) is 0 Å². The first-order valence-electron chi connectivity index (χ1n) is 9.22. The molecule has 0 aliphatic heterocycles. The third-order valence-corrected chi connectivity index (χ3v) is 5.17. The van der Waals surface area contributed by atoms with Crippen LogP contribution in [0.25, 0.3) is 0 Å². The number of carbonyl (C=O) groups excluding carboxylic acids is 2. The van der Waals surface area contributed by atoms with Gasteiger partial charge in [0.25, 0.3) is 5.91 Å². The molecular formula is C24H23NO2S. The molecule has 3 nitrogen and oxygen atoms in total. The van der Waals surface area contributed by atoms with Crippen molar-refractivity contribution in [1.82, 2.24) is 0 Å². The van der Waals surface area contributed by atoms with E-state index in [1.165, 1.54) is 0 Å². The maximum atomic E-state index is 13.0. The van der Waals surface area contributed by atoms with Crippen molar-refractivity contribution in [3.8, 4) is 0 Å². The molecule has 0 saturated carbocycles. The Balaban J connectivity index is 1.89. The van der Waals surface area contributed by atoms with E-state index in [0.29, 0.717) is 27.6 Å². The highest BCUT2D eigenvalue weighted by Gasteiger charge is 2.16. The average molecular weight is 390 g/mol. The fraction of sp³-hybridized carbons (Fsp3) is 0.167. The minimum Gasteiger partial charge on any atom is -0.321 e. The standard InChI is InChI=1S/C24H23NO2S/c1-16(2)28-20-11-7-10-19(15-20)24(27)25-22-13-12-17(3)14-21(22)23(26)18-8-5-4-6-9-18/h4-16H,1-3H3,(H,25,27). The molecule has 3 aromatic carbocycles. The zero-order valence-electron chi connectivity index (χ0n) is 16.2. The van der Waals surface area contributed by atoms with Crippen LogP contribution >= 0.6 is 11.8 Å². The van der Waals surface area contributed by atoms with Crippen molar-refractivity contribution in [1.29, 1.82) is 0 Å². The Kier molecular flexibility index (Phi) is 6.32. The lowest BCUT2D eigenvalue weighted by Crippen LogP contribution is -2.15. The molecule has 0 bridgehead atoms. The van der Waals surface area contributed by atoms with E-state index in [4.69, 9.17) is 0 Å². The predicted molar refractivity (Wildman–Crippen MR) is 116 cm³/mol. The maximum absolute atomic E-state index is 13.0. The number of anilines is 1. The molecule has 0 aliphatic carbocycles. The Morgan fingerprint density at radius 3 is 2.29 bits per heavy atom. The molecule has 0 aliphatic rings. The third kappa shape index (κ3) is 4.90. The summed E-state index contributed by atoms with van der Waals surface area (Å²) in [5.74, 6) is -0.333. The number of benzene rings is 3. The van der Waals surface area contributed by atoms with E-state index >= 15 is 0 Å². The highest BCUT2D eigenvalue weighted by molar-refractivity contribution is 7.99. The van der Waals surface area contributed by atoms with E-state index in [2.05, 4.69) is 19.2 Å². The van der Waals surface area contributed by atoms with Gasteiger partial charge in [0.2, 0.25) is 0 Å². The summed E-state index contributed by atoms with van der Waals surface area (Å²) < 4.78 is 0. The summed E-state index contributed by atoms with van der Waals surface area (Å²) >= 11 is 1.71. The highest BCUT2D eigenvalue weighted by atomic mass is 32.2. The van der Waals surface area contributed by atoms with Crippen molar-refractivity contribution in [2.45, 2.75) is 30.9 Å². The highest BCUT2D eigenvalue weighted by Crippen LogP contribution is 2.25. The Morgan fingerprint density at radius 2 is 1.57 bits per heavy atom. The maximum Gasteiger partial charge on any atom is 0.255 e. The van der Waals surface area contributed by atoms with E-state index in [1.54, 1.807) is 36.0 Å². The minimum absolute atomic E-state index is 0.108. The number of amides is 1. The van der Waals surface area contributed by atoms with Crippen molar-refractivity contribution < 1.29 is 9.59 Å². The lowest BCUT2D eigenvalue weighted by atomic mass is 9.99. The molecule has 28 heavy (non-hydrogen) atoms. The van der Waals surface area contributed by atoms with Crippen LogP contribution in [0.15, 0.2) is 77.7 Å².